The van der Waals surface area contributed by atoms with Crippen LogP contribution in [-0.4, -0.2) is 18.2 Å². The van der Waals surface area contributed by atoms with E-state index in [1.54, 1.807) is 0 Å². The van der Waals surface area contributed by atoms with E-state index in [0.29, 0.717) is 24.3 Å². The van der Waals surface area contributed by atoms with E-state index in [1.165, 1.54) is 0 Å². The Balaban J connectivity index is 1.64. The number of nitrogens with zero attached hydrogens (tertiary/aromatic N) is 1. The van der Waals surface area contributed by atoms with Crippen LogP contribution in [0.4, 0.5) is 5.69 Å². The lowest BCUT2D eigenvalue weighted by atomic mass is 9.92. The third kappa shape index (κ3) is 4.83. The lowest BCUT2D eigenvalue weighted by Crippen LogP contribution is -2.37. The van der Waals surface area contributed by atoms with Crippen molar-refractivity contribution in [2.24, 2.45) is 4.99 Å². The van der Waals surface area contributed by atoms with Gasteiger partial charge >= 0.3 is 0 Å². The van der Waals surface area contributed by atoms with E-state index in [0.717, 1.165) is 52.6 Å². The number of Topliss-reactive ketones (excluding diaryl/α,β-unsaturated/α-hetero) is 1. The van der Waals surface area contributed by atoms with Crippen LogP contribution in [0.2, 0.25) is 5.02 Å². The standard InChI is InChI=1S/C25H27ClN4O/c1-3-14-27-22-7-5-4-6-20(22)16(2)28-25-21-13-12-19(31)15-23(21)29-24(30-25)17-8-10-18(26)11-9-17/h4-11,24,27,29H,2-3,12-15H2,1H3,(H,28,30). The molecule has 0 amide bonds. The fourth-order valence-electron chi connectivity index (χ4n) is 3.89. The number of rotatable bonds is 6. The molecule has 3 N–H and O–H groups in total. The molecule has 0 saturated carbocycles. The quantitative estimate of drug-likeness (QED) is 0.567. The van der Waals surface area contributed by atoms with E-state index in [9.17, 15) is 4.79 Å². The van der Waals surface area contributed by atoms with Gasteiger partial charge in [-0.3, -0.25) is 4.79 Å². The molecule has 2 aliphatic rings. The Labute approximate surface area is 188 Å². The predicted molar refractivity (Wildman–Crippen MR) is 128 cm³/mol. The SMILES string of the molecule is C=C(NC1=NC(c2ccc(Cl)cc2)NC2=C1CCC(=O)C2)c1ccccc1NCCC. The van der Waals surface area contributed by atoms with E-state index < -0.39 is 0 Å². The Bertz CT molecular complexity index is 1060. The molecule has 1 aliphatic carbocycles. The van der Waals surface area contributed by atoms with E-state index in [4.69, 9.17) is 16.6 Å². The molecule has 2 aromatic carbocycles. The van der Waals surface area contributed by atoms with Crippen molar-refractivity contribution in [2.45, 2.75) is 38.8 Å². The highest BCUT2D eigenvalue weighted by Gasteiger charge is 2.29. The molecule has 1 unspecified atom stereocenters. The van der Waals surface area contributed by atoms with Gasteiger partial charge in [-0.25, -0.2) is 4.99 Å². The summed E-state index contributed by atoms with van der Waals surface area (Å²) in [6.07, 6.45) is 2.36. The normalized spacial score (nSPS) is 18.1. The number of allylic oxidation sites excluding steroid dienone is 1. The van der Waals surface area contributed by atoms with Crippen LogP contribution in [0.3, 0.4) is 0 Å². The number of amidine groups is 1. The van der Waals surface area contributed by atoms with Crippen molar-refractivity contribution >= 4 is 34.6 Å². The maximum atomic E-state index is 12.1. The fraction of sp³-hybridized carbons (Fsp3) is 0.280. The van der Waals surface area contributed by atoms with Crippen LogP contribution in [0, 0.1) is 0 Å². The molecule has 0 fully saturated rings. The van der Waals surface area contributed by atoms with Crippen LogP contribution in [0.1, 0.15) is 49.9 Å². The van der Waals surface area contributed by atoms with E-state index in [-0.39, 0.29) is 11.9 Å². The number of halogens is 1. The van der Waals surface area contributed by atoms with Gasteiger partial charge in [0.2, 0.25) is 0 Å². The second kappa shape index (κ2) is 9.40. The van der Waals surface area contributed by atoms with Crippen molar-refractivity contribution in [3.8, 4) is 0 Å². The lowest BCUT2D eigenvalue weighted by Gasteiger charge is -2.31. The summed E-state index contributed by atoms with van der Waals surface area (Å²) in [5.74, 6) is 1.02. The Morgan fingerprint density at radius 1 is 1.19 bits per heavy atom. The van der Waals surface area contributed by atoms with E-state index in [1.807, 2.05) is 42.5 Å². The first-order valence-electron chi connectivity index (χ1n) is 10.7. The summed E-state index contributed by atoms with van der Waals surface area (Å²) in [5, 5.41) is 11.0. The minimum Gasteiger partial charge on any atom is -0.385 e. The zero-order chi connectivity index (χ0) is 21.8. The van der Waals surface area contributed by atoms with Gasteiger partial charge in [-0.2, -0.15) is 0 Å². The maximum Gasteiger partial charge on any atom is 0.146 e. The summed E-state index contributed by atoms with van der Waals surface area (Å²) in [6, 6.07) is 15.7. The van der Waals surface area contributed by atoms with Gasteiger partial charge in [-0.05, 0) is 36.6 Å². The molecule has 1 atom stereocenters. The Morgan fingerprint density at radius 2 is 1.97 bits per heavy atom. The number of carbonyl (C=O) groups excluding carboxylic acids is 1. The first-order chi connectivity index (χ1) is 15.0. The van der Waals surface area contributed by atoms with Gasteiger partial charge in [0, 0.05) is 52.6 Å². The fourth-order valence-corrected chi connectivity index (χ4v) is 4.02. The molecule has 5 nitrogen and oxygen atoms in total. The van der Waals surface area contributed by atoms with E-state index in [2.05, 4.69) is 35.5 Å². The third-order valence-electron chi connectivity index (χ3n) is 5.52. The number of anilines is 1. The second-order valence-corrected chi connectivity index (χ2v) is 8.26. The third-order valence-corrected chi connectivity index (χ3v) is 5.77. The molecule has 1 heterocycles. The van der Waals surface area contributed by atoms with Crippen LogP contribution in [0.25, 0.3) is 5.70 Å². The molecule has 2 aromatic rings. The highest BCUT2D eigenvalue weighted by Crippen LogP contribution is 2.31. The van der Waals surface area contributed by atoms with Crippen LogP contribution in [0.5, 0.6) is 0 Å². The summed E-state index contributed by atoms with van der Waals surface area (Å²) in [6.45, 7) is 7.33. The molecule has 0 saturated heterocycles. The Kier molecular flexibility index (Phi) is 6.42. The molecule has 160 valence electrons. The number of aliphatic imine (C=N–C) groups is 1. The summed E-state index contributed by atoms with van der Waals surface area (Å²) in [4.78, 5) is 17.1. The molecule has 0 radical (unpaired) electrons. The first kappa shape index (κ1) is 21.2. The van der Waals surface area contributed by atoms with Crippen molar-refractivity contribution < 1.29 is 4.79 Å². The monoisotopic (exact) mass is 434 g/mol. The molecule has 6 heteroatoms. The van der Waals surface area contributed by atoms with E-state index >= 15 is 0 Å². The minimum atomic E-state index is -0.286. The molecule has 0 bridgehead atoms. The minimum absolute atomic E-state index is 0.246. The number of hydrogen-bond acceptors (Lipinski definition) is 5. The van der Waals surface area contributed by atoms with Crippen LogP contribution >= 0.6 is 11.6 Å². The highest BCUT2D eigenvalue weighted by atomic mass is 35.5. The van der Waals surface area contributed by atoms with Crippen molar-refractivity contribution in [3.05, 3.63) is 82.5 Å². The number of ketones is 1. The first-order valence-corrected chi connectivity index (χ1v) is 11.1. The second-order valence-electron chi connectivity index (χ2n) is 7.82. The van der Waals surface area contributed by atoms with Crippen molar-refractivity contribution in [1.82, 2.24) is 10.6 Å². The predicted octanol–water partition coefficient (Wildman–Crippen LogP) is 5.43. The lowest BCUT2D eigenvalue weighted by molar-refractivity contribution is -0.118. The number of benzene rings is 2. The molecule has 4 rings (SSSR count). The zero-order valence-corrected chi connectivity index (χ0v) is 18.4. The van der Waals surface area contributed by atoms with Gasteiger partial charge < -0.3 is 16.0 Å². The van der Waals surface area contributed by atoms with Gasteiger partial charge in [-0.1, -0.05) is 55.4 Å². The van der Waals surface area contributed by atoms with Crippen molar-refractivity contribution in [1.29, 1.82) is 0 Å². The molecule has 31 heavy (non-hydrogen) atoms. The van der Waals surface area contributed by atoms with Gasteiger partial charge in [0.1, 0.15) is 17.8 Å². The number of para-hydroxylation sites is 1. The van der Waals surface area contributed by atoms with Gasteiger partial charge in [0.05, 0.1) is 0 Å². The molecule has 0 spiro atoms. The average molecular weight is 435 g/mol. The summed E-state index contributed by atoms with van der Waals surface area (Å²) < 4.78 is 0. The molecular formula is C25H27ClN4O. The molecule has 1 aliphatic heterocycles. The molecular weight excluding hydrogens is 408 g/mol. The summed E-state index contributed by atoms with van der Waals surface area (Å²) in [7, 11) is 0. The van der Waals surface area contributed by atoms with Crippen molar-refractivity contribution in [3.63, 3.8) is 0 Å². The zero-order valence-electron chi connectivity index (χ0n) is 17.7. The van der Waals surface area contributed by atoms with Crippen LogP contribution in [0.15, 0.2) is 71.4 Å². The van der Waals surface area contributed by atoms with Gasteiger partial charge in [0.25, 0.3) is 0 Å². The topological polar surface area (TPSA) is 65.5 Å². The Hall–Kier alpha value is -3.05. The maximum absolute atomic E-state index is 12.1. The largest absolute Gasteiger partial charge is 0.385 e. The van der Waals surface area contributed by atoms with Crippen LogP contribution in [-0.2, 0) is 4.79 Å². The number of nitrogens with one attached hydrogen (secondary N) is 3. The molecule has 0 aromatic heterocycles. The summed E-state index contributed by atoms with van der Waals surface area (Å²) >= 11 is 6.06. The van der Waals surface area contributed by atoms with Gasteiger partial charge in [-0.15, -0.1) is 0 Å². The smallest absolute Gasteiger partial charge is 0.146 e. The van der Waals surface area contributed by atoms with Crippen molar-refractivity contribution in [2.75, 3.05) is 11.9 Å². The summed E-state index contributed by atoms with van der Waals surface area (Å²) in [5.41, 5.74) is 5.82. The Morgan fingerprint density at radius 3 is 2.74 bits per heavy atom. The highest BCUT2D eigenvalue weighted by molar-refractivity contribution is 6.30. The number of hydrogen-bond donors (Lipinski definition) is 3. The number of carbonyl (C=O) groups is 1. The van der Waals surface area contributed by atoms with Gasteiger partial charge in [0.15, 0.2) is 0 Å². The van der Waals surface area contributed by atoms with Crippen LogP contribution < -0.4 is 16.0 Å². The average Bonchev–Trinajstić information content (AvgIpc) is 2.78.